The number of carbonyl (C=O) groups excluding carboxylic acids is 1. The van der Waals surface area contributed by atoms with Crippen LogP contribution in [0.15, 0.2) is 59.6 Å². The monoisotopic (exact) mass is 364 g/mol. The van der Waals surface area contributed by atoms with Gasteiger partial charge in [0.25, 0.3) is 5.91 Å². The maximum atomic E-state index is 12.4. The van der Waals surface area contributed by atoms with Crippen molar-refractivity contribution in [1.82, 2.24) is 20.3 Å². The highest BCUT2D eigenvalue weighted by atomic mass is 16.3. The van der Waals surface area contributed by atoms with Crippen LogP contribution in [0.5, 0.6) is 0 Å². The first kappa shape index (κ1) is 17.0. The third-order valence-electron chi connectivity index (χ3n) is 4.45. The third-order valence-corrected chi connectivity index (χ3v) is 4.45. The fraction of sp³-hybridized carbons (Fsp3) is 0.263. The highest BCUT2D eigenvalue weighted by Gasteiger charge is 2.20. The number of piperazine rings is 1. The molecule has 3 aromatic rings. The summed E-state index contributed by atoms with van der Waals surface area (Å²) in [5, 5.41) is 2.86. The minimum Gasteiger partial charge on any atom is -0.467 e. The van der Waals surface area contributed by atoms with Crippen LogP contribution < -0.4 is 15.1 Å². The number of rotatable bonds is 5. The number of amides is 1. The zero-order valence-corrected chi connectivity index (χ0v) is 14.8. The summed E-state index contributed by atoms with van der Waals surface area (Å²) >= 11 is 0. The molecule has 0 radical (unpaired) electrons. The molecule has 1 N–H and O–H groups in total. The second-order valence-electron chi connectivity index (χ2n) is 6.19. The number of anilines is 2. The Hall–Kier alpha value is -3.42. The minimum atomic E-state index is -0.147. The van der Waals surface area contributed by atoms with Gasteiger partial charge in [-0.2, -0.15) is 0 Å². The Morgan fingerprint density at radius 3 is 2.52 bits per heavy atom. The number of hydrogen-bond donors (Lipinski definition) is 1. The third kappa shape index (κ3) is 4.05. The van der Waals surface area contributed by atoms with Crippen LogP contribution in [-0.4, -0.2) is 47.0 Å². The molecule has 1 aliphatic heterocycles. The largest absolute Gasteiger partial charge is 0.467 e. The lowest BCUT2D eigenvalue weighted by molar-refractivity contribution is 0.0948. The summed E-state index contributed by atoms with van der Waals surface area (Å²) in [5.74, 6) is 2.12. The number of nitrogens with zero attached hydrogens (tertiary/aromatic N) is 5. The SMILES string of the molecule is O=C(NCc1ccco1)c1ccnc(N2CCN(c3ncccn3)CC2)c1. The summed E-state index contributed by atoms with van der Waals surface area (Å²) in [6.45, 7) is 3.56. The molecule has 0 bridgehead atoms. The van der Waals surface area contributed by atoms with Gasteiger partial charge in [-0.15, -0.1) is 0 Å². The summed E-state index contributed by atoms with van der Waals surface area (Å²) < 4.78 is 5.24. The van der Waals surface area contributed by atoms with Crippen molar-refractivity contribution >= 4 is 17.7 Å². The van der Waals surface area contributed by atoms with E-state index < -0.39 is 0 Å². The molecule has 3 aromatic heterocycles. The van der Waals surface area contributed by atoms with Gasteiger partial charge in [-0.1, -0.05) is 0 Å². The van der Waals surface area contributed by atoms with Gasteiger partial charge in [-0.05, 0) is 30.3 Å². The molecule has 1 amide bonds. The van der Waals surface area contributed by atoms with E-state index in [2.05, 4.69) is 30.1 Å². The Labute approximate surface area is 156 Å². The van der Waals surface area contributed by atoms with Crippen molar-refractivity contribution in [1.29, 1.82) is 0 Å². The summed E-state index contributed by atoms with van der Waals surface area (Å²) in [5.41, 5.74) is 0.584. The van der Waals surface area contributed by atoms with Gasteiger partial charge in [0.1, 0.15) is 11.6 Å². The van der Waals surface area contributed by atoms with Crippen LogP contribution in [0.2, 0.25) is 0 Å². The molecule has 4 heterocycles. The molecule has 1 saturated heterocycles. The van der Waals surface area contributed by atoms with Gasteiger partial charge >= 0.3 is 0 Å². The Kier molecular flexibility index (Phi) is 4.95. The average molecular weight is 364 g/mol. The molecule has 27 heavy (non-hydrogen) atoms. The first-order valence-electron chi connectivity index (χ1n) is 8.83. The predicted molar refractivity (Wildman–Crippen MR) is 101 cm³/mol. The van der Waals surface area contributed by atoms with Crippen molar-refractivity contribution in [3.8, 4) is 0 Å². The van der Waals surface area contributed by atoms with Gasteiger partial charge in [0.2, 0.25) is 5.95 Å². The molecular formula is C19H20N6O2. The highest BCUT2D eigenvalue weighted by molar-refractivity contribution is 5.94. The molecule has 0 aliphatic carbocycles. The molecule has 1 fully saturated rings. The molecule has 1 aliphatic rings. The van der Waals surface area contributed by atoms with E-state index in [1.807, 2.05) is 18.2 Å². The first-order valence-corrected chi connectivity index (χ1v) is 8.83. The van der Waals surface area contributed by atoms with Crippen LogP contribution in [0.3, 0.4) is 0 Å². The van der Waals surface area contributed by atoms with Crippen LogP contribution in [-0.2, 0) is 6.54 Å². The summed E-state index contributed by atoms with van der Waals surface area (Å²) in [7, 11) is 0. The van der Waals surface area contributed by atoms with E-state index in [1.165, 1.54) is 0 Å². The lowest BCUT2D eigenvalue weighted by Gasteiger charge is -2.35. The second-order valence-corrected chi connectivity index (χ2v) is 6.19. The van der Waals surface area contributed by atoms with Crippen LogP contribution in [0.1, 0.15) is 16.1 Å². The van der Waals surface area contributed by atoms with Crippen molar-refractivity contribution < 1.29 is 9.21 Å². The predicted octanol–water partition coefficient (Wildman–Crippen LogP) is 1.72. The van der Waals surface area contributed by atoms with Gasteiger partial charge in [0.05, 0.1) is 12.8 Å². The molecule has 0 unspecified atom stereocenters. The molecule has 0 saturated carbocycles. The summed E-state index contributed by atoms with van der Waals surface area (Å²) in [6, 6.07) is 8.98. The number of carbonyl (C=O) groups is 1. The molecule has 0 atom stereocenters. The fourth-order valence-corrected chi connectivity index (χ4v) is 3.01. The standard InChI is InChI=1S/C19H20N6O2/c26-18(23-14-16-3-1-12-27-16)15-4-7-20-17(13-15)24-8-10-25(11-9-24)19-21-5-2-6-22-19/h1-7,12-13H,8-11,14H2,(H,23,26). The quantitative estimate of drug-likeness (QED) is 0.737. The van der Waals surface area contributed by atoms with E-state index in [4.69, 9.17) is 4.42 Å². The van der Waals surface area contributed by atoms with Gasteiger partial charge in [0.15, 0.2) is 0 Å². The van der Waals surface area contributed by atoms with Crippen molar-refractivity contribution in [2.45, 2.75) is 6.54 Å². The van der Waals surface area contributed by atoms with Gasteiger partial charge in [-0.3, -0.25) is 4.79 Å². The molecule has 0 aromatic carbocycles. The van der Waals surface area contributed by atoms with E-state index in [-0.39, 0.29) is 5.91 Å². The van der Waals surface area contributed by atoms with E-state index in [0.717, 1.165) is 43.7 Å². The van der Waals surface area contributed by atoms with E-state index >= 15 is 0 Å². The Balaban J connectivity index is 1.37. The molecule has 0 spiro atoms. The average Bonchev–Trinajstić information content (AvgIpc) is 3.27. The van der Waals surface area contributed by atoms with Crippen molar-refractivity contribution in [2.75, 3.05) is 36.0 Å². The number of pyridine rings is 1. The lowest BCUT2D eigenvalue weighted by Crippen LogP contribution is -2.47. The van der Waals surface area contributed by atoms with Crippen molar-refractivity contribution in [3.05, 3.63) is 66.5 Å². The molecule has 8 heteroatoms. The zero-order chi connectivity index (χ0) is 18.5. The Morgan fingerprint density at radius 1 is 1.00 bits per heavy atom. The zero-order valence-electron chi connectivity index (χ0n) is 14.8. The van der Waals surface area contributed by atoms with Crippen LogP contribution in [0.4, 0.5) is 11.8 Å². The molecule has 4 rings (SSSR count). The normalized spacial score (nSPS) is 14.2. The highest BCUT2D eigenvalue weighted by Crippen LogP contribution is 2.17. The van der Waals surface area contributed by atoms with Crippen molar-refractivity contribution in [3.63, 3.8) is 0 Å². The van der Waals surface area contributed by atoms with Crippen LogP contribution in [0, 0.1) is 0 Å². The van der Waals surface area contributed by atoms with E-state index in [0.29, 0.717) is 12.1 Å². The Morgan fingerprint density at radius 2 is 1.78 bits per heavy atom. The van der Waals surface area contributed by atoms with Crippen LogP contribution >= 0.6 is 0 Å². The fourth-order valence-electron chi connectivity index (χ4n) is 3.01. The summed E-state index contributed by atoms with van der Waals surface area (Å²) in [4.78, 5) is 29.7. The molecule has 138 valence electrons. The number of furan rings is 1. The van der Waals surface area contributed by atoms with E-state index in [1.54, 1.807) is 37.0 Å². The minimum absolute atomic E-state index is 0.147. The van der Waals surface area contributed by atoms with Crippen LogP contribution in [0.25, 0.3) is 0 Å². The maximum absolute atomic E-state index is 12.4. The van der Waals surface area contributed by atoms with E-state index in [9.17, 15) is 4.79 Å². The maximum Gasteiger partial charge on any atom is 0.251 e. The van der Waals surface area contributed by atoms with Gasteiger partial charge in [0, 0.05) is 50.3 Å². The number of hydrogen-bond acceptors (Lipinski definition) is 7. The van der Waals surface area contributed by atoms with Crippen molar-refractivity contribution in [2.24, 2.45) is 0 Å². The lowest BCUT2D eigenvalue weighted by atomic mass is 10.2. The smallest absolute Gasteiger partial charge is 0.251 e. The first-order chi connectivity index (χ1) is 13.3. The summed E-state index contributed by atoms with van der Waals surface area (Å²) in [6.07, 6.45) is 6.76. The molecular weight excluding hydrogens is 344 g/mol. The van der Waals surface area contributed by atoms with Gasteiger partial charge in [-0.25, -0.2) is 15.0 Å². The topological polar surface area (TPSA) is 87.4 Å². The number of nitrogens with one attached hydrogen (secondary N) is 1. The second kappa shape index (κ2) is 7.86. The van der Waals surface area contributed by atoms with Gasteiger partial charge < -0.3 is 19.5 Å². The molecule has 8 nitrogen and oxygen atoms in total. The Bertz CT molecular complexity index is 876. The number of aromatic nitrogens is 3.